The molecule has 9 heteroatoms. The van der Waals surface area contributed by atoms with Gasteiger partial charge in [-0.05, 0) is 0 Å². The zero-order valence-electron chi connectivity index (χ0n) is 5.71. The summed E-state index contributed by atoms with van der Waals surface area (Å²) < 4.78 is 0. The number of hydrogen-bond donors (Lipinski definition) is 5. The summed E-state index contributed by atoms with van der Waals surface area (Å²) in [6, 6.07) is 0. The number of nitrogen functional groups attached to an aromatic ring is 1. The van der Waals surface area contributed by atoms with Crippen molar-refractivity contribution >= 4 is 17.8 Å². The summed E-state index contributed by atoms with van der Waals surface area (Å²) in [6.07, 6.45) is 0. The molecule has 1 aromatic heterocycles. The average molecular weight is 174 g/mol. The van der Waals surface area contributed by atoms with Crippen molar-refractivity contribution in [1.82, 2.24) is 15.0 Å². The van der Waals surface area contributed by atoms with E-state index in [1.165, 1.54) is 0 Å². The van der Waals surface area contributed by atoms with Gasteiger partial charge in [0.2, 0.25) is 5.95 Å². The minimum absolute atomic E-state index is 0.260. The maximum atomic E-state index is 8.44. The molecule has 0 saturated carbocycles. The summed E-state index contributed by atoms with van der Waals surface area (Å²) in [4.78, 5) is 10.0. The second-order valence-corrected chi connectivity index (χ2v) is 1.72. The second-order valence-electron chi connectivity index (χ2n) is 1.72. The third-order valence-electron chi connectivity index (χ3n) is 0.920. The van der Waals surface area contributed by atoms with Crippen molar-refractivity contribution in [2.24, 2.45) is 0 Å². The number of aromatic nitrogens is 3. The largest absolute Gasteiger partial charge is 0.368 e. The van der Waals surface area contributed by atoms with Crippen LogP contribution in [0.15, 0.2) is 0 Å². The first-order chi connectivity index (χ1) is 5.63. The monoisotopic (exact) mass is 174 g/mol. The topological polar surface area (TPSA) is 141 Å². The van der Waals surface area contributed by atoms with Crippen LogP contribution in [-0.2, 0) is 0 Å². The Morgan fingerprint density at radius 1 is 1.25 bits per heavy atom. The summed E-state index contributed by atoms with van der Waals surface area (Å²) in [5, 5.41) is 24.9. The molecule has 0 aliphatic rings. The molecule has 66 valence electrons. The SMILES string of the molecule is Nc1nc(NO)nc(N(O)O)n1. The summed E-state index contributed by atoms with van der Waals surface area (Å²) in [6.45, 7) is 0. The van der Waals surface area contributed by atoms with Crippen LogP contribution in [0.1, 0.15) is 0 Å². The molecule has 0 aliphatic heterocycles. The van der Waals surface area contributed by atoms with Gasteiger partial charge in [-0.3, -0.25) is 15.6 Å². The van der Waals surface area contributed by atoms with Crippen LogP contribution < -0.4 is 16.4 Å². The Kier molecular flexibility index (Phi) is 2.19. The van der Waals surface area contributed by atoms with E-state index in [4.69, 9.17) is 21.4 Å². The van der Waals surface area contributed by atoms with Crippen LogP contribution in [0, 0.1) is 0 Å². The quantitative estimate of drug-likeness (QED) is 0.351. The molecule has 0 aliphatic carbocycles. The number of nitrogens with zero attached hydrogens (tertiary/aromatic N) is 4. The van der Waals surface area contributed by atoms with Gasteiger partial charge in [0.05, 0.1) is 0 Å². The van der Waals surface area contributed by atoms with Gasteiger partial charge in [0, 0.05) is 0 Å². The van der Waals surface area contributed by atoms with Crippen LogP contribution in [0.5, 0.6) is 0 Å². The Hall–Kier alpha value is -1.71. The molecule has 0 radical (unpaired) electrons. The molecule has 0 amide bonds. The minimum atomic E-state index is -0.501. The van der Waals surface area contributed by atoms with E-state index >= 15 is 0 Å². The molecule has 0 fully saturated rings. The predicted octanol–water partition coefficient (Wildman–Crippen LogP) is -1.16. The van der Waals surface area contributed by atoms with E-state index in [0.717, 1.165) is 0 Å². The Morgan fingerprint density at radius 3 is 2.42 bits per heavy atom. The van der Waals surface area contributed by atoms with Gasteiger partial charge < -0.3 is 5.73 Å². The van der Waals surface area contributed by atoms with E-state index < -0.39 is 5.95 Å². The van der Waals surface area contributed by atoms with Crippen LogP contribution >= 0.6 is 0 Å². The Morgan fingerprint density at radius 2 is 1.92 bits per heavy atom. The zero-order valence-corrected chi connectivity index (χ0v) is 5.71. The number of nitrogens with two attached hydrogens (primary N) is 1. The van der Waals surface area contributed by atoms with E-state index in [-0.39, 0.29) is 17.1 Å². The molecular formula is C3H6N6O3. The Balaban J connectivity index is 3.06. The van der Waals surface area contributed by atoms with E-state index in [9.17, 15) is 0 Å². The van der Waals surface area contributed by atoms with Crippen LogP contribution in [0.4, 0.5) is 17.8 Å². The predicted molar refractivity (Wildman–Crippen MR) is 35.7 cm³/mol. The van der Waals surface area contributed by atoms with Crippen LogP contribution in [-0.4, -0.2) is 30.6 Å². The van der Waals surface area contributed by atoms with Gasteiger partial charge in [0.25, 0.3) is 11.9 Å². The van der Waals surface area contributed by atoms with Gasteiger partial charge >= 0.3 is 0 Å². The van der Waals surface area contributed by atoms with Gasteiger partial charge in [-0.25, -0.2) is 5.48 Å². The maximum Gasteiger partial charge on any atom is 0.284 e. The third kappa shape index (κ3) is 1.66. The molecule has 0 atom stereocenters. The molecule has 1 heterocycles. The number of rotatable bonds is 2. The molecule has 0 spiro atoms. The summed E-state index contributed by atoms with van der Waals surface area (Å²) in [5.41, 5.74) is 6.68. The lowest BCUT2D eigenvalue weighted by molar-refractivity contribution is 0.0242. The lowest BCUT2D eigenvalue weighted by Crippen LogP contribution is -2.17. The normalized spacial score (nSPS) is 9.58. The second kappa shape index (κ2) is 3.13. The van der Waals surface area contributed by atoms with Crippen molar-refractivity contribution in [3.63, 3.8) is 0 Å². The lowest BCUT2D eigenvalue weighted by atomic mass is 10.8. The summed E-state index contributed by atoms with van der Waals surface area (Å²) in [5.74, 6) is -1.05. The van der Waals surface area contributed by atoms with Crippen molar-refractivity contribution in [1.29, 1.82) is 0 Å². The molecule has 6 N–H and O–H groups in total. The number of hydrogen-bond acceptors (Lipinski definition) is 9. The first-order valence-electron chi connectivity index (χ1n) is 2.73. The van der Waals surface area contributed by atoms with Gasteiger partial charge in [-0.2, -0.15) is 15.0 Å². The van der Waals surface area contributed by atoms with E-state index in [1.54, 1.807) is 5.48 Å². The standard InChI is InChI=1S/C3H6N6O3/c4-1-5-2(8-10)7-3(6-1)9(11)12/h10-12H,(H3,4,5,6,7,8). The summed E-state index contributed by atoms with van der Waals surface area (Å²) >= 11 is 0. The molecule has 12 heavy (non-hydrogen) atoms. The molecule has 0 saturated heterocycles. The van der Waals surface area contributed by atoms with Gasteiger partial charge in [0.1, 0.15) is 0 Å². The summed E-state index contributed by atoms with van der Waals surface area (Å²) in [7, 11) is 0. The van der Waals surface area contributed by atoms with Gasteiger partial charge in [-0.15, -0.1) is 0 Å². The van der Waals surface area contributed by atoms with Crippen molar-refractivity contribution < 1.29 is 15.6 Å². The first-order valence-corrected chi connectivity index (χ1v) is 2.73. The Labute approximate surface area is 66.0 Å². The van der Waals surface area contributed by atoms with Crippen LogP contribution in [0.2, 0.25) is 0 Å². The fourth-order valence-corrected chi connectivity index (χ4v) is 0.520. The van der Waals surface area contributed by atoms with Gasteiger partial charge in [-0.1, -0.05) is 5.23 Å². The fraction of sp³-hybridized carbons (Fsp3) is 0. The number of nitrogens with one attached hydrogen (secondary N) is 1. The van der Waals surface area contributed by atoms with Crippen molar-refractivity contribution in [3.05, 3.63) is 0 Å². The zero-order chi connectivity index (χ0) is 9.14. The molecule has 0 unspecified atom stereocenters. The highest BCUT2D eigenvalue weighted by Gasteiger charge is 2.07. The number of anilines is 3. The highest BCUT2D eigenvalue weighted by Crippen LogP contribution is 2.07. The first kappa shape index (κ1) is 8.39. The minimum Gasteiger partial charge on any atom is -0.368 e. The molecule has 9 nitrogen and oxygen atoms in total. The van der Waals surface area contributed by atoms with Crippen LogP contribution in [0.25, 0.3) is 0 Å². The van der Waals surface area contributed by atoms with Crippen LogP contribution in [0.3, 0.4) is 0 Å². The van der Waals surface area contributed by atoms with E-state index in [2.05, 4.69) is 15.0 Å². The van der Waals surface area contributed by atoms with Crippen molar-refractivity contribution in [2.75, 3.05) is 16.4 Å². The molecular weight excluding hydrogens is 168 g/mol. The molecule has 0 aromatic carbocycles. The van der Waals surface area contributed by atoms with E-state index in [1.807, 2.05) is 0 Å². The Bertz CT molecular complexity index is 277. The fourth-order valence-electron chi connectivity index (χ4n) is 0.520. The molecule has 1 rings (SSSR count). The highest BCUT2D eigenvalue weighted by atomic mass is 16.8. The highest BCUT2D eigenvalue weighted by molar-refractivity contribution is 5.37. The maximum absolute atomic E-state index is 8.44. The van der Waals surface area contributed by atoms with E-state index in [0.29, 0.717) is 0 Å². The smallest absolute Gasteiger partial charge is 0.284 e. The molecule has 0 bridgehead atoms. The average Bonchev–Trinajstić information content (AvgIpc) is 2.03. The third-order valence-corrected chi connectivity index (χ3v) is 0.920. The van der Waals surface area contributed by atoms with Crippen molar-refractivity contribution in [2.45, 2.75) is 0 Å². The molecule has 1 aromatic rings. The van der Waals surface area contributed by atoms with Gasteiger partial charge in [0.15, 0.2) is 0 Å². The van der Waals surface area contributed by atoms with Crippen molar-refractivity contribution in [3.8, 4) is 0 Å². The lowest BCUT2D eigenvalue weighted by Gasteiger charge is -2.06.